The van der Waals surface area contributed by atoms with Crippen molar-refractivity contribution in [3.63, 3.8) is 0 Å². The Hall–Kier alpha value is -0.0100. The van der Waals surface area contributed by atoms with Crippen LogP contribution in [0.25, 0.3) is 0 Å². The first-order valence-electron chi connectivity index (χ1n) is 7.44. The molecule has 136 valence electrons. The Labute approximate surface area is 138 Å². The molecule has 0 aromatic rings. The van der Waals surface area contributed by atoms with Crippen molar-refractivity contribution in [2.75, 3.05) is 12.4 Å². The molecule has 6 N–H and O–H groups in total. The first-order chi connectivity index (χ1) is 10.8. The van der Waals surface area contributed by atoms with Crippen LogP contribution in [-0.2, 0) is 14.2 Å². The molecule has 0 amide bonds. The molecule has 2 fully saturated rings. The highest BCUT2D eigenvalue weighted by atomic mass is 32.1. The van der Waals surface area contributed by atoms with Gasteiger partial charge in [0, 0.05) is 5.75 Å². The maximum absolute atomic E-state index is 10.1. The van der Waals surface area contributed by atoms with Crippen molar-refractivity contribution in [2.45, 2.75) is 68.1 Å². The number of rotatable bonds is 5. The van der Waals surface area contributed by atoms with Crippen molar-refractivity contribution in [2.24, 2.45) is 0 Å². The quantitative estimate of drug-likeness (QED) is 0.255. The molecule has 2 aliphatic rings. The molecule has 23 heavy (non-hydrogen) atoms. The molecule has 0 aromatic heterocycles. The molecule has 2 heterocycles. The van der Waals surface area contributed by atoms with Gasteiger partial charge in [-0.3, -0.25) is 0 Å². The van der Waals surface area contributed by atoms with E-state index in [1.54, 1.807) is 6.92 Å². The van der Waals surface area contributed by atoms with E-state index < -0.39 is 61.4 Å². The Kier molecular flexibility index (Phi) is 6.28. The summed E-state index contributed by atoms with van der Waals surface area (Å²) in [5.74, 6) is -1.96. The third-order valence-corrected chi connectivity index (χ3v) is 4.65. The van der Waals surface area contributed by atoms with E-state index in [9.17, 15) is 30.6 Å². The van der Waals surface area contributed by atoms with Crippen LogP contribution in [0, 0.1) is 0 Å². The number of hydrogen-bond acceptors (Lipinski definition) is 10. The summed E-state index contributed by atoms with van der Waals surface area (Å²) in [7, 11) is 0. The molecule has 9 nitrogen and oxygen atoms in total. The third-order valence-electron chi connectivity index (χ3n) is 4.29. The molecule has 9 atom stereocenters. The molecule has 0 spiro atoms. The molecule has 0 bridgehead atoms. The normalized spacial score (nSPS) is 51.1. The zero-order valence-electron chi connectivity index (χ0n) is 12.6. The van der Waals surface area contributed by atoms with Crippen LogP contribution in [0.15, 0.2) is 0 Å². The molecule has 9 unspecified atom stereocenters. The summed E-state index contributed by atoms with van der Waals surface area (Å²) >= 11 is 3.98. The van der Waals surface area contributed by atoms with Crippen LogP contribution in [0.5, 0.6) is 0 Å². The van der Waals surface area contributed by atoms with E-state index in [1.807, 2.05) is 0 Å². The minimum absolute atomic E-state index is 0.0422. The van der Waals surface area contributed by atoms with Gasteiger partial charge in [0.05, 0.1) is 12.2 Å². The molecule has 2 aliphatic heterocycles. The van der Waals surface area contributed by atoms with Crippen LogP contribution in [0.4, 0.5) is 0 Å². The van der Waals surface area contributed by atoms with Gasteiger partial charge >= 0.3 is 0 Å². The standard InChI is InChI=1S/C13H24O9S/c1-2-5-8(16)11(19)13(4-14,21-5)22-12-10(18)9(17)7(15)6(3-23)20-12/h5-12,14-19,23H,2-4H2,1H3. The average Bonchev–Trinajstić information content (AvgIpc) is 2.80. The van der Waals surface area contributed by atoms with E-state index >= 15 is 0 Å². The Bertz CT molecular complexity index is 398. The highest BCUT2D eigenvalue weighted by Gasteiger charge is 2.57. The largest absolute Gasteiger partial charge is 0.391 e. The smallest absolute Gasteiger partial charge is 0.223 e. The van der Waals surface area contributed by atoms with Crippen molar-refractivity contribution in [1.82, 2.24) is 0 Å². The second kappa shape index (κ2) is 7.48. The highest BCUT2D eigenvalue weighted by molar-refractivity contribution is 7.80. The zero-order chi connectivity index (χ0) is 17.4. The van der Waals surface area contributed by atoms with Crippen LogP contribution in [0.2, 0.25) is 0 Å². The highest BCUT2D eigenvalue weighted by Crippen LogP contribution is 2.36. The van der Waals surface area contributed by atoms with Crippen molar-refractivity contribution >= 4 is 12.6 Å². The van der Waals surface area contributed by atoms with Crippen molar-refractivity contribution in [3.05, 3.63) is 0 Å². The number of hydrogen-bond donors (Lipinski definition) is 7. The molecular weight excluding hydrogens is 332 g/mol. The van der Waals surface area contributed by atoms with Gasteiger partial charge in [-0.2, -0.15) is 12.6 Å². The molecular formula is C13H24O9S. The first-order valence-corrected chi connectivity index (χ1v) is 8.07. The van der Waals surface area contributed by atoms with Gasteiger partial charge in [-0.05, 0) is 6.42 Å². The fourth-order valence-corrected chi connectivity index (χ4v) is 3.11. The van der Waals surface area contributed by atoms with Gasteiger partial charge in [-0.15, -0.1) is 0 Å². The van der Waals surface area contributed by atoms with Crippen LogP contribution < -0.4 is 0 Å². The van der Waals surface area contributed by atoms with Gasteiger partial charge in [-0.1, -0.05) is 6.92 Å². The lowest BCUT2D eigenvalue weighted by molar-refractivity contribution is -0.379. The monoisotopic (exact) mass is 356 g/mol. The van der Waals surface area contributed by atoms with Crippen LogP contribution in [0.3, 0.4) is 0 Å². The van der Waals surface area contributed by atoms with Gasteiger partial charge in [0.15, 0.2) is 6.29 Å². The van der Waals surface area contributed by atoms with E-state index in [0.29, 0.717) is 6.42 Å². The SMILES string of the molecule is CCC1OC(CO)(OC2OC(CS)C(O)C(O)C2O)C(O)C1O. The third kappa shape index (κ3) is 3.38. The zero-order valence-corrected chi connectivity index (χ0v) is 13.5. The van der Waals surface area contributed by atoms with Crippen LogP contribution in [-0.4, -0.2) is 97.8 Å². The summed E-state index contributed by atoms with van der Waals surface area (Å²) in [6.07, 6.45) is -10.3. The number of thiol groups is 1. The van der Waals surface area contributed by atoms with E-state index in [2.05, 4.69) is 12.6 Å². The van der Waals surface area contributed by atoms with Gasteiger partial charge in [0.1, 0.15) is 37.1 Å². The van der Waals surface area contributed by atoms with Crippen molar-refractivity contribution in [3.8, 4) is 0 Å². The van der Waals surface area contributed by atoms with E-state index in [0.717, 1.165) is 0 Å². The summed E-state index contributed by atoms with van der Waals surface area (Å²) in [5.41, 5.74) is 0. The number of ether oxygens (including phenoxy) is 3. The van der Waals surface area contributed by atoms with Gasteiger partial charge < -0.3 is 44.8 Å². The topological polar surface area (TPSA) is 149 Å². The number of aliphatic hydroxyl groups is 6. The van der Waals surface area contributed by atoms with Crippen LogP contribution >= 0.6 is 12.6 Å². The predicted octanol–water partition coefficient (Wildman–Crippen LogP) is -3.04. The van der Waals surface area contributed by atoms with E-state index in [-0.39, 0.29) is 5.75 Å². The molecule has 0 radical (unpaired) electrons. The Morgan fingerprint density at radius 2 is 1.65 bits per heavy atom. The minimum atomic E-state index is -2.01. The summed E-state index contributed by atoms with van der Waals surface area (Å²) < 4.78 is 16.2. The second-order valence-electron chi connectivity index (χ2n) is 5.79. The van der Waals surface area contributed by atoms with E-state index in [1.165, 1.54) is 0 Å². The second-order valence-corrected chi connectivity index (χ2v) is 6.15. The summed E-state index contributed by atoms with van der Waals surface area (Å²) in [6, 6.07) is 0. The lowest BCUT2D eigenvalue weighted by atomic mass is 9.99. The summed E-state index contributed by atoms with van der Waals surface area (Å²) in [5, 5.41) is 59.3. The summed E-state index contributed by atoms with van der Waals surface area (Å²) in [6.45, 7) is 0.912. The Morgan fingerprint density at radius 1 is 1.00 bits per heavy atom. The molecule has 0 aromatic carbocycles. The van der Waals surface area contributed by atoms with Gasteiger partial charge in [-0.25, -0.2) is 0 Å². The summed E-state index contributed by atoms with van der Waals surface area (Å²) in [4.78, 5) is 0. The predicted molar refractivity (Wildman–Crippen MR) is 78.6 cm³/mol. The molecule has 0 aliphatic carbocycles. The lowest BCUT2D eigenvalue weighted by Crippen LogP contribution is -2.62. The van der Waals surface area contributed by atoms with Gasteiger partial charge in [0.2, 0.25) is 5.79 Å². The van der Waals surface area contributed by atoms with E-state index in [4.69, 9.17) is 14.2 Å². The number of aliphatic hydroxyl groups excluding tert-OH is 6. The Balaban J connectivity index is 2.18. The molecule has 0 saturated carbocycles. The maximum Gasteiger partial charge on any atom is 0.223 e. The molecule has 2 saturated heterocycles. The van der Waals surface area contributed by atoms with Gasteiger partial charge in [0.25, 0.3) is 0 Å². The average molecular weight is 356 g/mol. The van der Waals surface area contributed by atoms with Crippen molar-refractivity contribution in [1.29, 1.82) is 0 Å². The van der Waals surface area contributed by atoms with Crippen LogP contribution in [0.1, 0.15) is 13.3 Å². The molecule has 2 rings (SSSR count). The fraction of sp³-hybridized carbons (Fsp3) is 1.00. The fourth-order valence-electron chi connectivity index (χ4n) is 2.81. The minimum Gasteiger partial charge on any atom is -0.391 e. The molecule has 10 heteroatoms. The first kappa shape index (κ1) is 19.3. The lowest BCUT2D eigenvalue weighted by Gasteiger charge is -2.43. The Morgan fingerprint density at radius 3 is 2.13 bits per heavy atom. The maximum atomic E-state index is 10.1. The van der Waals surface area contributed by atoms with Crippen molar-refractivity contribution < 1.29 is 44.8 Å².